The molecule has 1 heterocycles. The van der Waals surface area contributed by atoms with Crippen molar-refractivity contribution in [1.29, 1.82) is 0 Å². The molecule has 2 amide bonds. The molecule has 3 N–H and O–H groups in total. The lowest BCUT2D eigenvalue weighted by atomic mass is 9.96. The second-order valence-corrected chi connectivity index (χ2v) is 7.08. The Morgan fingerprint density at radius 2 is 1.69 bits per heavy atom. The summed E-state index contributed by atoms with van der Waals surface area (Å²) in [5.74, 6) is -0.806. The van der Waals surface area contributed by atoms with E-state index < -0.39 is 0 Å². The van der Waals surface area contributed by atoms with E-state index >= 15 is 0 Å². The Kier molecular flexibility index (Phi) is 5.37. The molecule has 7 heteroatoms. The summed E-state index contributed by atoms with van der Waals surface area (Å²) < 4.78 is 12.9. The zero-order valence-corrected chi connectivity index (χ0v) is 15.8. The Bertz CT molecular complexity index is 1030. The molecular weight excluding hydrogens is 371 g/mol. The van der Waals surface area contributed by atoms with Gasteiger partial charge in [0, 0.05) is 29.1 Å². The molecule has 1 aliphatic rings. The molecule has 0 bridgehead atoms. The monoisotopic (exact) mass is 392 g/mol. The molecule has 0 aliphatic heterocycles. The lowest BCUT2D eigenvalue weighted by Gasteiger charge is -2.11. The summed E-state index contributed by atoms with van der Waals surface area (Å²) in [6.07, 6.45) is 3.97. The fourth-order valence-corrected chi connectivity index (χ4v) is 3.45. The number of aromatic amines is 1. The standard InChI is InChI=1S/C22H21FN4O2/c23-16-9-5-14(6-10-16)13-24-21(28)15-7-11-17(12-8-15)25-22(29)20-18-3-1-2-4-19(18)26-27-20/h5-12H,1-4,13H2,(H,24,28)(H,25,29)(H,26,27). The number of aromatic nitrogens is 2. The Morgan fingerprint density at radius 3 is 2.45 bits per heavy atom. The normalized spacial score (nSPS) is 12.9. The number of hydrogen-bond acceptors (Lipinski definition) is 3. The minimum atomic E-state index is -0.312. The second-order valence-electron chi connectivity index (χ2n) is 7.08. The molecule has 148 valence electrons. The lowest BCUT2D eigenvalue weighted by Crippen LogP contribution is -2.22. The SMILES string of the molecule is O=C(NCc1ccc(F)cc1)c1ccc(NC(=O)c2n[nH]c3c2CCCC3)cc1. The van der Waals surface area contributed by atoms with Gasteiger partial charge < -0.3 is 10.6 Å². The van der Waals surface area contributed by atoms with Crippen molar-refractivity contribution < 1.29 is 14.0 Å². The van der Waals surface area contributed by atoms with Crippen LogP contribution in [-0.4, -0.2) is 22.0 Å². The zero-order chi connectivity index (χ0) is 20.2. The largest absolute Gasteiger partial charge is 0.348 e. The van der Waals surface area contributed by atoms with E-state index in [1.807, 2.05) is 0 Å². The van der Waals surface area contributed by atoms with Crippen LogP contribution in [0.5, 0.6) is 0 Å². The van der Waals surface area contributed by atoms with Crippen LogP contribution in [0.4, 0.5) is 10.1 Å². The van der Waals surface area contributed by atoms with Gasteiger partial charge in [-0.2, -0.15) is 5.10 Å². The molecule has 0 fully saturated rings. The van der Waals surface area contributed by atoms with Crippen molar-refractivity contribution in [2.24, 2.45) is 0 Å². The average Bonchev–Trinajstić information content (AvgIpc) is 3.18. The molecule has 6 nitrogen and oxygen atoms in total. The maximum Gasteiger partial charge on any atom is 0.276 e. The first-order valence-corrected chi connectivity index (χ1v) is 9.60. The van der Waals surface area contributed by atoms with Crippen LogP contribution in [0.25, 0.3) is 0 Å². The first-order valence-electron chi connectivity index (χ1n) is 9.60. The van der Waals surface area contributed by atoms with E-state index in [0.29, 0.717) is 23.5 Å². The highest BCUT2D eigenvalue weighted by Gasteiger charge is 2.21. The smallest absolute Gasteiger partial charge is 0.276 e. The van der Waals surface area contributed by atoms with Crippen LogP contribution >= 0.6 is 0 Å². The van der Waals surface area contributed by atoms with Crippen molar-refractivity contribution in [3.05, 3.63) is 82.4 Å². The van der Waals surface area contributed by atoms with Crippen LogP contribution in [-0.2, 0) is 19.4 Å². The molecule has 4 rings (SSSR count). The number of aryl methyl sites for hydroxylation is 1. The third kappa shape index (κ3) is 4.34. The summed E-state index contributed by atoms with van der Waals surface area (Å²) in [5.41, 5.74) is 4.38. The maximum absolute atomic E-state index is 12.9. The van der Waals surface area contributed by atoms with E-state index in [2.05, 4.69) is 20.8 Å². The predicted molar refractivity (Wildman–Crippen MR) is 107 cm³/mol. The number of H-pyrrole nitrogens is 1. The molecule has 2 aromatic carbocycles. The number of nitrogens with zero attached hydrogens (tertiary/aromatic N) is 1. The van der Waals surface area contributed by atoms with Crippen molar-refractivity contribution in [3.8, 4) is 0 Å². The molecule has 0 unspecified atom stereocenters. The van der Waals surface area contributed by atoms with E-state index in [4.69, 9.17) is 0 Å². The van der Waals surface area contributed by atoms with Gasteiger partial charge in [0.2, 0.25) is 0 Å². The van der Waals surface area contributed by atoms with Gasteiger partial charge in [0.15, 0.2) is 5.69 Å². The van der Waals surface area contributed by atoms with Crippen molar-refractivity contribution in [2.75, 3.05) is 5.32 Å². The molecule has 1 aliphatic carbocycles. The zero-order valence-electron chi connectivity index (χ0n) is 15.8. The van der Waals surface area contributed by atoms with E-state index in [1.165, 1.54) is 12.1 Å². The van der Waals surface area contributed by atoms with Gasteiger partial charge in [-0.1, -0.05) is 12.1 Å². The number of fused-ring (bicyclic) bond motifs is 1. The lowest BCUT2D eigenvalue weighted by molar-refractivity contribution is 0.0950. The van der Waals surface area contributed by atoms with Gasteiger partial charge in [-0.05, 0) is 67.6 Å². The van der Waals surface area contributed by atoms with Crippen LogP contribution < -0.4 is 10.6 Å². The van der Waals surface area contributed by atoms with Crippen LogP contribution in [0, 0.1) is 5.82 Å². The fraction of sp³-hybridized carbons (Fsp3) is 0.227. The highest BCUT2D eigenvalue weighted by atomic mass is 19.1. The Labute approximate surface area is 167 Å². The van der Waals surface area contributed by atoms with Crippen molar-refractivity contribution in [2.45, 2.75) is 32.2 Å². The third-order valence-corrected chi connectivity index (χ3v) is 5.04. The van der Waals surface area contributed by atoms with Gasteiger partial charge in [0.05, 0.1) is 0 Å². The summed E-state index contributed by atoms with van der Waals surface area (Å²) in [6.45, 7) is 0.307. The molecular formula is C22H21FN4O2. The number of halogens is 1. The van der Waals surface area contributed by atoms with Crippen molar-refractivity contribution in [1.82, 2.24) is 15.5 Å². The molecule has 0 saturated carbocycles. The number of rotatable bonds is 5. The quantitative estimate of drug-likeness (QED) is 0.620. The van der Waals surface area contributed by atoms with Crippen molar-refractivity contribution in [3.63, 3.8) is 0 Å². The predicted octanol–water partition coefficient (Wildman–Crippen LogP) is 3.61. The Balaban J connectivity index is 1.36. The Hall–Kier alpha value is -3.48. The second kappa shape index (κ2) is 8.26. The van der Waals surface area contributed by atoms with E-state index in [0.717, 1.165) is 42.5 Å². The Morgan fingerprint density at radius 1 is 0.966 bits per heavy atom. The summed E-state index contributed by atoms with van der Waals surface area (Å²) in [6, 6.07) is 12.6. The van der Waals surface area contributed by atoms with Crippen molar-refractivity contribution >= 4 is 17.5 Å². The van der Waals surface area contributed by atoms with Gasteiger partial charge in [-0.15, -0.1) is 0 Å². The summed E-state index contributed by atoms with van der Waals surface area (Å²) in [4.78, 5) is 24.8. The minimum Gasteiger partial charge on any atom is -0.348 e. The van der Waals surface area contributed by atoms with Crippen LogP contribution in [0.1, 0.15) is 50.5 Å². The van der Waals surface area contributed by atoms with E-state index in [9.17, 15) is 14.0 Å². The number of nitrogens with one attached hydrogen (secondary N) is 3. The number of amides is 2. The average molecular weight is 392 g/mol. The summed E-state index contributed by atoms with van der Waals surface area (Å²) >= 11 is 0. The van der Waals surface area contributed by atoms with Gasteiger partial charge in [-0.3, -0.25) is 14.7 Å². The summed E-state index contributed by atoms with van der Waals surface area (Å²) in [5, 5.41) is 12.8. The highest BCUT2D eigenvalue weighted by molar-refractivity contribution is 6.04. The molecule has 0 saturated heterocycles. The van der Waals surface area contributed by atoms with Gasteiger partial charge >= 0.3 is 0 Å². The molecule has 3 aromatic rings. The van der Waals surface area contributed by atoms with Crippen LogP contribution in [0.2, 0.25) is 0 Å². The first-order chi connectivity index (χ1) is 14.1. The third-order valence-electron chi connectivity index (χ3n) is 5.04. The van der Waals surface area contributed by atoms with Gasteiger partial charge in [0.1, 0.15) is 5.82 Å². The molecule has 0 radical (unpaired) electrons. The highest BCUT2D eigenvalue weighted by Crippen LogP contribution is 2.23. The molecule has 29 heavy (non-hydrogen) atoms. The fourth-order valence-electron chi connectivity index (χ4n) is 3.45. The van der Waals surface area contributed by atoms with E-state index in [-0.39, 0.29) is 17.6 Å². The molecule has 0 atom stereocenters. The van der Waals surface area contributed by atoms with Gasteiger partial charge in [0.25, 0.3) is 11.8 Å². The topological polar surface area (TPSA) is 86.9 Å². The number of carbonyl (C=O) groups excluding carboxylic acids is 2. The molecule has 1 aromatic heterocycles. The number of hydrogen-bond donors (Lipinski definition) is 3. The van der Waals surface area contributed by atoms with E-state index in [1.54, 1.807) is 36.4 Å². The summed E-state index contributed by atoms with van der Waals surface area (Å²) in [7, 11) is 0. The minimum absolute atomic E-state index is 0.242. The first kappa shape index (κ1) is 18.9. The number of anilines is 1. The van der Waals surface area contributed by atoms with Gasteiger partial charge in [-0.25, -0.2) is 4.39 Å². The van der Waals surface area contributed by atoms with Crippen LogP contribution in [0.15, 0.2) is 48.5 Å². The maximum atomic E-state index is 12.9. The molecule has 0 spiro atoms. The number of carbonyl (C=O) groups is 2. The van der Waals surface area contributed by atoms with Crippen LogP contribution in [0.3, 0.4) is 0 Å². The number of benzene rings is 2.